The Kier molecular flexibility index (Phi) is 3.86. The molecular weight excluding hydrogens is 240 g/mol. The zero-order valence-electron chi connectivity index (χ0n) is 11.1. The van der Waals surface area contributed by atoms with Crippen molar-refractivity contribution in [2.45, 2.75) is 26.3 Å². The first-order valence-corrected chi connectivity index (χ1v) is 6.29. The molecule has 0 saturated heterocycles. The second-order valence-corrected chi connectivity index (χ2v) is 4.65. The van der Waals surface area contributed by atoms with Crippen LogP contribution in [0.3, 0.4) is 0 Å². The fraction of sp³-hybridized carbons (Fsp3) is 0.333. The molecule has 19 heavy (non-hydrogen) atoms. The summed E-state index contributed by atoms with van der Waals surface area (Å²) in [5.74, 6) is -0.0878. The molecule has 1 heterocycles. The van der Waals surface area contributed by atoms with E-state index >= 15 is 0 Å². The maximum Gasteiger partial charge on any atom is 0.258 e. The number of nitriles is 1. The minimum absolute atomic E-state index is 0.0505. The zero-order valence-corrected chi connectivity index (χ0v) is 11.1. The van der Waals surface area contributed by atoms with Crippen LogP contribution in [0.25, 0.3) is 11.0 Å². The van der Waals surface area contributed by atoms with E-state index in [0.29, 0.717) is 24.1 Å². The van der Waals surface area contributed by atoms with Gasteiger partial charge in [-0.15, -0.1) is 0 Å². The lowest BCUT2D eigenvalue weighted by Crippen LogP contribution is -2.37. The van der Waals surface area contributed by atoms with Gasteiger partial charge in [0.15, 0.2) is 0 Å². The number of furan rings is 1. The van der Waals surface area contributed by atoms with Crippen molar-refractivity contribution in [3.63, 3.8) is 0 Å². The van der Waals surface area contributed by atoms with E-state index in [4.69, 9.17) is 9.68 Å². The first-order chi connectivity index (χ1) is 9.15. The summed E-state index contributed by atoms with van der Waals surface area (Å²) in [5, 5.41) is 9.49. The number of nitrogens with zero attached hydrogens (tertiary/aromatic N) is 2. The van der Waals surface area contributed by atoms with Gasteiger partial charge in [0.25, 0.3) is 5.91 Å². The first kappa shape index (κ1) is 13.2. The molecule has 2 aromatic rings. The predicted octanol–water partition coefficient (Wildman–Crippen LogP) is 3.20. The van der Waals surface area contributed by atoms with Crippen molar-refractivity contribution in [3.8, 4) is 6.07 Å². The third-order valence-corrected chi connectivity index (χ3v) is 3.06. The van der Waals surface area contributed by atoms with Gasteiger partial charge in [0, 0.05) is 18.0 Å². The van der Waals surface area contributed by atoms with Crippen molar-refractivity contribution in [3.05, 3.63) is 36.1 Å². The number of carbonyl (C=O) groups excluding carboxylic acids is 1. The number of para-hydroxylation sites is 1. The summed E-state index contributed by atoms with van der Waals surface area (Å²) in [6, 6.07) is 9.58. The van der Waals surface area contributed by atoms with Gasteiger partial charge in [-0.05, 0) is 19.9 Å². The zero-order chi connectivity index (χ0) is 13.8. The van der Waals surface area contributed by atoms with Crippen LogP contribution in [0.15, 0.2) is 34.9 Å². The molecule has 0 spiro atoms. The highest BCUT2D eigenvalue weighted by atomic mass is 16.3. The van der Waals surface area contributed by atoms with Gasteiger partial charge in [-0.2, -0.15) is 5.26 Å². The maximum atomic E-state index is 12.5. The summed E-state index contributed by atoms with van der Waals surface area (Å²) in [6.07, 6.45) is 1.83. The molecule has 0 radical (unpaired) electrons. The number of benzene rings is 1. The Hall–Kier alpha value is -2.28. The van der Waals surface area contributed by atoms with Gasteiger partial charge < -0.3 is 9.32 Å². The minimum atomic E-state index is -0.0878. The van der Waals surface area contributed by atoms with Crippen LogP contribution in [0.1, 0.15) is 30.6 Å². The van der Waals surface area contributed by atoms with Gasteiger partial charge in [0.1, 0.15) is 11.8 Å². The van der Waals surface area contributed by atoms with Crippen LogP contribution in [-0.2, 0) is 0 Å². The lowest BCUT2D eigenvalue weighted by molar-refractivity contribution is 0.0711. The Labute approximate surface area is 112 Å². The van der Waals surface area contributed by atoms with E-state index in [1.165, 1.54) is 6.26 Å². The van der Waals surface area contributed by atoms with E-state index in [2.05, 4.69) is 6.07 Å². The second-order valence-electron chi connectivity index (χ2n) is 4.65. The number of carbonyl (C=O) groups is 1. The molecule has 0 unspecified atom stereocenters. The largest absolute Gasteiger partial charge is 0.463 e. The minimum Gasteiger partial charge on any atom is -0.463 e. The summed E-state index contributed by atoms with van der Waals surface area (Å²) in [7, 11) is 0. The molecular formula is C15H16N2O2. The molecule has 0 aliphatic rings. The van der Waals surface area contributed by atoms with E-state index in [0.717, 1.165) is 5.39 Å². The number of fused-ring (bicyclic) bond motifs is 1. The van der Waals surface area contributed by atoms with E-state index in [1.54, 1.807) is 4.90 Å². The van der Waals surface area contributed by atoms with Crippen LogP contribution in [0, 0.1) is 11.3 Å². The molecule has 1 amide bonds. The van der Waals surface area contributed by atoms with Gasteiger partial charge in [-0.3, -0.25) is 4.79 Å². The summed E-state index contributed by atoms with van der Waals surface area (Å²) >= 11 is 0. The first-order valence-electron chi connectivity index (χ1n) is 6.29. The van der Waals surface area contributed by atoms with Crippen LogP contribution in [-0.4, -0.2) is 23.4 Å². The van der Waals surface area contributed by atoms with Crippen molar-refractivity contribution >= 4 is 16.9 Å². The van der Waals surface area contributed by atoms with Gasteiger partial charge in [0.05, 0.1) is 18.1 Å². The van der Waals surface area contributed by atoms with E-state index in [1.807, 2.05) is 38.1 Å². The standard InChI is InChI=1S/C15H16N2O2/c1-11(2)17(9-5-8-16)15(18)13-10-19-14-7-4-3-6-12(13)14/h3-4,6-7,10-11H,5,9H2,1-2H3. The van der Waals surface area contributed by atoms with Crippen molar-refractivity contribution < 1.29 is 9.21 Å². The van der Waals surface area contributed by atoms with Gasteiger partial charge in [0.2, 0.25) is 0 Å². The fourth-order valence-electron chi connectivity index (χ4n) is 2.06. The fourth-order valence-corrected chi connectivity index (χ4v) is 2.06. The summed E-state index contributed by atoms with van der Waals surface area (Å²) in [5.41, 5.74) is 1.26. The third kappa shape index (κ3) is 2.60. The van der Waals surface area contributed by atoms with Crippen LogP contribution < -0.4 is 0 Å². The Bertz CT molecular complexity index is 622. The highest BCUT2D eigenvalue weighted by molar-refractivity contribution is 6.05. The lowest BCUT2D eigenvalue weighted by Gasteiger charge is -2.25. The number of rotatable bonds is 4. The van der Waals surface area contributed by atoms with Gasteiger partial charge in [-0.1, -0.05) is 18.2 Å². The quantitative estimate of drug-likeness (QED) is 0.844. The monoisotopic (exact) mass is 256 g/mol. The molecule has 2 rings (SSSR count). The van der Waals surface area contributed by atoms with E-state index < -0.39 is 0 Å². The summed E-state index contributed by atoms with van der Waals surface area (Å²) in [6.45, 7) is 4.32. The molecule has 4 nitrogen and oxygen atoms in total. The van der Waals surface area contributed by atoms with Crippen LogP contribution in [0.2, 0.25) is 0 Å². The lowest BCUT2D eigenvalue weighted by atomic mass is 10.1. The third-order valence-electron chi connectivity index (χ3n) is 3.06. The molecule has 98 valence electrons. The van der Waals surface area contributed by atoms with Crippen molar-refractivity contribution in [2.24, 2.45) is 0 Å². The van der Waals surface area contributed by atoms with Gasteiger partial charge >= 0.3 is 0 Å². The predicted molar refractivity (Wildman–Crippen MR) is 72.6 cm³/mol. The molecule has 4 heteroatoms. The normalized spacial score (nSPS) is 10.6. The molecule has 0 N–H and O–H groups in total. The highest BCUT2D eigenvalue weighted by Gasteiger charge is 2.21. The smallest absolute Gasteiger partial charge is 0.258 e. The van der Waals surface area contributed by atoms with E-state index in [9.17, 15) is 4.79 Å². The average molecular weight is 256 g/mol. The molecule has 0 aliphatic carbocycles. The van der Waals surface area contributed by atoms with E-state index in [-0.39, 0.29) is 11.9 Å². The number of hydrogen-bond acceptors (Lipinski definition) is 3. The number of amides is 1. The van der Waals surface area contributed by atoms with Crippen molar-refractivity contribution in [1.29, 1.82) is 5.26 Å². The van der Waals surface area contributed by atoms with Crippen LogP contribution >= 0.6 is 0 Å². The Morgan fingerprint density at radius 3 is 2.84 bits per heavy atom. The molecule has 0 saturated carbocycles. The summed E-state index contributed by atoms with van der Waals surface area (Å²) in [4.78, 5) is 14.2. The van der Waals surface area contributed by atoms with Gasteiger partial charge in [-0.25, -0.2) is 0 Å². The van der Waals surface area contributed by atoms with Crippen molar-refractivity contribution in [1.82, 2.24) is 4.90 Å². The number of hydrogen-bond donors (Lipinski definition) is 0. The van der Waals surface area contributed by atoms with Crippen LogP contribution in [0.5, 0.6) is 0 Å². The Morgan fingerprint density at radius 1 is 1.42 bits per heavy atom. The Morgan fingerprint density at radius 2 is 2.16 bits per heavy atom. The molecule has 1 aromatic carbocycles. The average Bonchev–Trinajstić information content (AvgIpc) is 2.82. The maximum absolute atomic E-state index is 12.5. The summed E-state index contributed by atoms with van der Waals surface area (Å²) < 4.78 is 5.39. The second kappa shape index (κ2) is 5.57. The van der Waals surface area contributed by atoms with Crippen LogP contribution in [0.4, 0.5) is 0 Å². The van der Waals surface area contributed by atoms with Crippen molar-refractivity contribution in [2.75, 3.05) is 6.54 Å². The molecule has 0 aliphatic heterocycles. The molecule has 0 fully saturated rings. The highest BCUT2D eigenvalue weighted by Crippen LogP contribution is 2.22. The topological polar surface area (TPSA) is 57.2 Å². The molecule has 1 aromatic heterocycles. The Balaban J connectivity index is 2.34. The molecule has 0 bridgehead atoms. The molecule has 0 atom stereocenters. The SMILES string of the molecule is CC(C)N(CCC#N)C(=O)c1coc2ccccc12.